The van der Waals surface area contributed by atoms with Crippen molar-refractivity contribution < 1.29 is 14.2 Å². The standard InChI is InChI=1S/C25H27ClN6O3/c1-33-20-11-17(12-21(34-2)23(20)35-3)32-14-22(27-15-32)29-24-18-7-6-16(13-31-8-4-5-9-31)10-19(18)28-25(26)30-24/h6-7,10-12,14-15H,4-5,8-9,13H2,1-3H3,(H,28,29,30). The number of ether oxygens (including phenoxy) is 3. The highest BCUT2D eigenvalue weighted by Crippen LogP contribution is 2.39. The summed E-state index contributed by atoms with van der Waals surface area (Å²) >= 11 is 6.27. The van der Waals surface area contributed by atoms with E-state index in [2.05, 4.69) is 37.3 Å². The van der Waals surface area contributed by atoms with Gasteiger partial charge in [-0.2, -0.15) is 4.98 Å². The Balaban J connectivity index is 1.43. The molecule has 0 bridgehead atoms. The van der Waals surface area contributed by atoms with Crippen LogP contribution >= 0.6 is 11.6 Å². The van der Waals surface area contributed by atoms with Crippen LogP contribution in [0.15, 0.2) is 42.9 Å². The van der Waals surface area contributed by atoms with E-state index in [1.165, 1.54) is 18.4 Å². The molecule has 1 aliphatic heterocycles. The highest BCUT2D eigenvalue weighted by Gasteiger charge is 2.16. The van der Waals surface area contributed by atoms with Crippen molar-refractivity contribution in [2.24, 2.45) is 0 Å². The fourth-order valence-corrected chi connectivity index (χ4v) is 4.58. The van der Waals surface area contributed by atoms with Crippen molar-refractivity contribution >= 4 is 34.1 Å². The van der Waals surface area contributed by atoms with Crippen LogP contribution in [0.5, 0.6) is 17.2 Å². The largest absolute Gasteiger partial charge is 0.493 e. The maximum Gasteiger partial charge on any atom is 0.224 e. The Labute approximate surface area is 208 Å². The van der Waals surface area contributed by atoms with Gasteiger partial charge in [0.15, 0.2) is 11.5 Å². The molecule has 4 aromatic rings. The molecule has 0 radical (unpaired) electrons. The van der Waals surface area contributed by atoms with Crippen molar-refractivity contribution in [2.75, 3.05) is 39.7 Å². The number of benzene rings is 2. The minimum absolute atomic E-state index is 0.183. The molecule has 5 rings (SSSR count). The summed E-state index contributed by atoms with van der Waals surface area (Å²) in [7, 11) is 4.75. The van der Waals surface area contributed by atoms with Gasteiger partial charge in [-0.1, -0.05) is 6.07 Å². The molecule has 182 valence electrons. The Kier molecular flexibility index (Phi) is 6.61. The molecule has 1 N–H and O–H groups in total. The number of nitrogens with zero attached hydrogens (tertiary/aromatic N) is 5. The average molecular weight is 495 g/mol. The fraction of sp³-hybridized carbons (Fsp3) is 0.320. The van der Waals surface area contributed by atoms with E-state index in [9.17, 15) is 0 Å². The first-order valence-electron chi connectivity index (χ1n) is 11.4. The van der Waals surface area contributed by atoms with E-state index < -0.39 is 0 Å². The molecule has 1 aliphatic rings. The smallest absolute Gasteiger partial charge is 0.224 e. The average Bonchev–Trinajstić information content (AvgIpc) is 3.55. The Morgan fingerprint density at radius 2 is 1.71 bits per heavy atom. The third-order valence-corrected chi connectivity index (χ3v) is 6.28. The Hall–Kier alpha value is -3.56. The molecule has 35 heavy (non-hydrogen) atoms. The molecule has 0 amide bonds. The molecule has 2 aromatic heterocycles. The van der Waals surface area contributed by atoms with Gasteiger partial charge in [0.2, 0.25) is 11.0 Å². The van der Waals surface area contributed by atoms with Crippen LogP contribution in [0.3, 0.4) is 0 Å². The van der Waals surface area contributed by atoms with Crippen molar-refractivity contribution in [3.8, 4) is 22.9 Å². The lowest BCUT2D eigenvalue weighted by atomic mass is 10.1. The number of halogens is 1. The lowest BCUT2D eigenvalue weighted by Gasteiger charge is -2.15. The van der Waals surface area contributed by atoms with E-state index >= 15 is 0 Å². The number of fused-ring (bicyclic) bond motifs is 1. The third kappa shape index (κ3) is 4.82. The zero-order valence-corrected chi connectivity index (χ0v) is 20.7. The maximum absolute atomic E-state index is 6.27. The minimum Gasteiger partial charge on any atom is -0.493 e. The molecule has 9 nitrogen and oxygen atoms in total. The number of hydrogen-bond donors (Lipinski definition) is 1. The monoisotopic (exact) mass is 494 g/mol. The molecule has 0 aliphatic carbocycles. The van der Waals surface area contributed by atoms with Crippen LogP contribution < -0.4 is 19.5 Å². The Morgan fingerprint density at radius 3 is 2.40 bits per heavy atom. The lowest BCUT2D eigenvalue weighted by Crippen LogP contribution is -2.18. The minimum atomic E-state index is 0.183. The number of nitrogens with one attached hydrogen (secondary N) is 1. The molecule has 0 atom stereocenters. The fourth-order valence-electron chi connectivity index (χ4n) is 4.41. The summed E-state index contributed by atoms with van der Waals surface area (Å²) in [6, 6.07) is 9.95. The van der Waals surface area contributed by atoms with Crippen LogP contribution in [0.2, 0.25) is 5.28 Å². The van der Waals surface area contributed by atoms with E-state index in [4.69, 9.17) is 25.8 Å². The number of methoxy groups -OCH3 is 3. The number of likely N-dealkylation sites (tertiary alicyclic amines) is 1. The van der Waals surface area contributed by atoms with Crippen molar-refractivity contribution in [2.45, 2.75) is 19.4 Å². The topological polar surface area (TPSA) is 86.6 Å². The van der Waals surface area contributed by atoms with Crippen LogP contribution in [0.1, 0.15) is 18.4 Å². The SMILES string of the molecule is COc1cc(-n2cnc(Nc3nc(Cl)nc4cc(CN5CCCC5)ccc34)c2)cc(OC)c1OC. The Bertz CT molecular complexity index is 1330. The van der Waals surface area contributed by atoms with Gasteiger partial charge in [0.25, 0.3) is 0 Å². The van der Waals surface area contributed by atoms with E-state index in [1.807, 2.05) is 29.0 Å². The van der Waals surface area contributed by atoms with Gasteiger partial charge in [0, 0.05) is 24.1 Å². The molecular formula is C25H27ClN6O3. The molecule has 1 saturated heterocycles. The lowest BCUT2D eigenvalue weighted by molar-refractivity contribution is 0.324. The highest BCUT2D eigenvalue weighted by atomic mass is 35.5. The molecule has 0 saturated carbocycles. The zero-order valence-electron chi connectivity index (χ0n) is 19.9. The molecule has 0 unspecified atom stereocenters. The summed E-state index contributed by atoms with van der Waals surface area (Å²) in [5.41, 5.74) is 2.82. The second-order valence-electron chi connectivity index (χ2n) is 8.35. The summed E-state index contributed by atoms with van der Waals surface area (Å²) in [6.45, 7) is 3.20. The quantitative estimate of drug-likeness (QED) is 0.348. The molecule has 1 fully saturated rings. The normalized spacial score (nSPS) is 13.8. The molecular weight excluding hydrogens is 468 g/mol. The van der Waals surface area contributed by atoms with E-state index in [1.54, 1.807) is 27.7 Å². The second kappa shape index (κ2) is 9.97. The summed E-state index contributed by atoms with van der Waals surface area (Å²) in [5, 5.41) is 4.34. The Morgan fingerprint density at radius 1 is 0.971 bits per heavy atom. The van der Waals surface area contributed by atoms with Crippen LogP contribution in [-0.4, -0.2) is 58.8 Å². The first-order chi connectivity index (χ1) is 17.1. The number of rotatable bonds is 8. The van der Waals surface area contributed by atoms with Crippen molar-refractivity contribution in [1.82, 2.24) is 24.4 Å². The van der Waals surface area contributed by atoms with Crippen LogP contribution in [0.4, 0.5) is 11.6 Å². The predicted molar refractivity (Wildman–Crippen MR) is 136 cm³/mol. The number of anilines is 2. The van der Waals surface area contributed by atoms with Gasteiger partial charge < -0.3 is 24.1 Å². The highest BCUT2D eigenvalue weighted by molar-refractivity contribution is 6.28. The van der Waals surface area contributed by atoms with Crippen molar-refractivity contribution in [3.05, 3.63) is 53.7 Å². The van der Waals surface area contributed by atoms with Crippen molar-refractivity contribution in [1.29, 1.82) is 0 Å². The summed E-state index contributed by atoms with van der Waals surface area (Å²) in [6.07, 6.45) is 6.07. The van der Waals surface area contributed by atoms with Crippen molar-refractivity contribution in [3.63, 3.8) is 0 Å². The van der Waals surface area contributed by atoms with Gasteiger partial charge in [0.1, 0.15) is 18.0 Å². The summed E-state index contributed by atoms with van der Waals surface area (Å²) in [5.74, 6) is 2.86. The van der Waals surface area contributed by atoms with Gasteiger partial charge in [-0.3, -0.25) is 4.90 Å². The van der Waals surface area contributed by atoms with Gasteiger partial charge in [0.05, 0.1) is 38.7 Å². The van der Waals surface area contributed by atoms with Crippen LogP contribution in [0, 0.1) is 0 Å². The summed E-state index contributed by atoms with van der Waals surface area (Å²) < 4.78 is 18.2. The zero-order chi connectivity index (χ0) is 24.4. The van der Waals surface area contributed by atoms with E-state index in [0.29, 0.717) is 28.9 Å². The summed E-state index contributed by atoms with van der Waals surface area (Å²) in [4.78, 5) is 15.8. The first-order valence-corrected chi connectivity index (χ1v) is 11.8. The third-order valence-electron chi connectivity index (χ3n) is 6.12. The number of aromatic nitrogens is 4. The molecule has 3 heterocycles. The number of hydrogen-bond acceptors (Lipinski definition) is 8. The van der Waals surface area contributed by atoms with Gasteiger partial charge >= 0.3 is 0 Å². The number of imidazole rings is 1. The first kappa shape index (κ1) is 23.2. The van der Waals surface area contributed by atoms with Crippen LogP contribution in [0.25, 0.3) is 16.6 Å². The molecule has 0 spiro atoms. The second-order valence-corrected chi connectivity index (χ2v) is 8.69. The maximum atomic E-state index is 6.27. The molecule has 2 aromatic carbocycles. The van der Waals surface area contributed by atoms with Crippen LogP contribution in [-0.2, 0) is 6.54 Å². The van der Waals surface area contributed by atoms with Gasteiger partial charge in [-0.15, -0.1) is 0 Å². The predicted octanol–water partition coefficient (Wildman–Crippen LogP) is 4.83. The van der Waals surface area contributed by atoms with Gasteiger partial charge in [-0.25, -0.2) is 9.97 Å². The van der Waals surface area contributed by atoms with E-state index in [0.717, 1.165) is 36.2 Å². The molecule has 10 heteroatoms. The van der Waals surface area contributed by atoms with E-state index in [-0.39, 0.29) is 5.28 Å². The van der Waals surface area contributed by atoms with Gasteiger partial charge in [-0.05, 0) is 55.2 Å².